The molecule has 174 valence electrons. The Bertz CT molecular complexity index is 1170. The summed E-state index contributed by atoms with van der Waals surface area (Å²) in [7, 11) is 0. The van der Waals surface area contributed by atoms with Gasteiger partial charge in [0.2, 0.25) is 0 Å². The minimum absolute atomic E-state index is 0.342. The molecule has 0 amide bonds. The van der Waals surface area contributed by atoms with E-state index in [4.69, 9.17) is 27.9 Å². The standard InChI is InChI=1S/C17H6Cl2F10N2O/c18-7-3-6(15(22,23)24)1-2-11(7)32-12-5-10-9(4-8(12)19)30-13(31-10)14(20,21)16(25,26)17(27,28)29/h1-5H,(H,30,31). The molecule has 15 heteroatoms. The van der Waals surface area contributed by atoms with Gasteiger partial charge in [-0.1, -0.05) is 23.2 Å². The lowest BCUT2D eigenvalue weighted by atomic mass is 10.1. The zero-order chi connectivity index (χ0) is 24.3. The van der Waals surface area contributed by atoms with Crippen molar-refractivity contribution in [3.63, 3.8) is 0 Å². The minimum atomic E-state index is -6.57. The van der Waals surface area contributed by atoms with Gasteiger partial charge in [0, 0.05) is 6.07 Å². The van der Waals surface area contributed by atoms with Crippen LogP contribution in [0.4, 0.5) is 43.9 Å². The van der Waals surface area contributed by atoms with Crippen LogP contribution in [0.15, 0.2) is 30.3 Å². The van der Waals surface area contributed by atoms with Crippen LogP contribution in [-0.4, -0.2) is 22.1 Å². The summed E-state index contributed by atoms with van der Waals surface area (Å²) >= 11 is 11.6. The van der Waals surface area contributed by atoms with Gasteiger partial charge in [0.25, 0.3) is 0 Å². The van der Waals surface area contributed by atoms with Crippen molar-refractivity contribution in [3.8, 4) is 11.5 Å². The van der Waals surface area contributed by atoms with E-state index >= 15 is 0 Å². The van der Waals surface area contributed by atoms with Gasteiger partial charge in [-0.05, 0) is 24.3 Å². The molecule has 1 aromatic heterocycles. The largest absolute Gasteiger partial charge is 0.460 e. The van der Waals surface area contributed by atoms with Gasteiger partial charge in [0.1, 0.15) is 11.5 Å². The van der Waals surface area contributed by atoms with E-state index in [1.54, 1.807) is 4.98 Å². The molecule has 0 aliphatic rings. The van der Waals surface area contributed by atoms with Gasteiger partial charge in [-0.2, -0.15) is 43.9 Å². The number of alkyl halides is 10. The predicted octanol–water partition coefficient (Wildman–Crippen LogP) is 7.97. The molecule has 32 heavy (non-hydrogen) atoms. The van der Waals surface area contributed by atoms with E-state index in [0.717, 1.165) is 18.2 Å². The summed E-state index contributed by atoms with van der Waals surface area (Å²) in [6, 6.07) is 3.63. The molecule has 3 aromatic rings. The Morgan fingerprint density at radius 3 is 1.91 bits per heavy atom. The third-order valence-electron chi connectivity index (χ3n) is 4.06. The van der Waals surface area contributed by atoms with Crippen molar-refractivity contribution in [2.75, 3.05) is 0 Å². The molecule has 0 radical (unpaired) electrons. The number of H-pyrrole nitrogens is 1. The van der Waals surface area contributed by atoms with Crippen LogP contribution in [-0.2, 0) is 12.1 Å². The van der Waals surface area contributed by atoms with Crippen molar-refractivity contribution in [2.24, 2.45) is 0 Å². The second-order valence-corrected chi connectivity index (χ2v) is 7.09. The van der Waals surface area contributed by atoms with Crippen LogP contribution in [0.25, 0.3) is 11.0 Å². The number of benzene rings is 2. The highest BCUT2D eigenvalue weighted by Crippen LogP contribution is 2.51. The number of imidazole rings is 1. The van der Waals surface area contributed by atoms with Gasteiger partial charge in [0.05, 0.1) is 26.6 Å². The summed E-state index contributed by atoms with van der Waals surface area (Å²) in [6.07, 6.45) is -11.3. The summed E-state index contributed by atoms with van der Waals surface area (Å²) in [5, 5.41) is -0.871. The molecule has 3 rings (SSSR count). The molecule has 0 unspecified atom stereocenters. The van der Waals surface area contributed by atoms with Crippen LogP contribution in [0.3, 0.4) is 0 Å². The Balaban J connectivity index is 2.00. The molecule has 0 atom stereocenters. The first-order valence-electron chi connectivity index (χ1n) is 8.02. The molecule has 0 saturated carbocycles. The average molecular weight is 515 g/mol. The molecule has 0 aliphatic carbocycles. The smallest absolute Gasteiger partial charge is 0.454 e. The number of ether oxygens (including phenoxy) is 1. The lowest BCUT2D eigenvalue weighted by Gasteiger charge is -2.26. The third kappa shape index (κ3) is 4.15. The van der Waals surface area contributed by atoms with Gasteiger partial charge in [-0.3, -0.25) is 0 Å². The Morgan fingerprint density at radius 1 is 0.781 bits per heavy atom. The maximum atomic E-state index is 13.9. The summed E-state index contributed by atoms with van der Waals surface area (Å²) in [4.78, 5) is 4.72. The maximum absolute atomic E-state index is 13.9. The van der Waals surface area contributed by atoms with Gasteiger partial charge < -0.3 is 9.72 Å². The summed E-state index contributed by atoms with van der Waals surface area (Å²) < 4.78 is 135. The van der Waals surface area contributed by atoms with E-state index in [2.05, 4.69) is 4.98 Å². The second-order valence-electron chi connectivity index (χ2n) is 6.28. The zero-order valence-electron chi connectivity index (χ0n) is 14.8. The molecular weight excluding hydrogens is 509 g/mol. The Hall–Kier alpha value is -2.41. The summed E-state index contributed by atoms with van der Waals surface area (Å²) in [5.41, 5.74) is -2.07. The predicted molar refractivity (Wildman–Crippen MR) is 92.5 cm³/mol. The number of nitrogens with zero attached hydrogens (tertiary/aromatic N) is 1. The molecule has 0 spiro atoms. The minimum Gasteiger partial charge on any atom is -0.454 e. The van der Waals surface area contributed by atoms with Crippen LogP contribution >= 0.6 is 23.2 Å². The van der Waals surface area contributed by atoms with Crippen molar-refractivity contribution in [2.45, 2.75) is 24.2 Å². The highest BCUT2D eigenvalue weighted by molar-refractivity contribution is 6.33. The van der Waals surface area contributed by atoms with Gasteiger partial charge in [-0.25, -0.2) is 4.98 Å². The van der Waals surface area contributed by atoms with E-state index < -0.39 is 57.4 Å². The fourth-order valence-corrected chi connectivity index (χ4v) is 2.86. The van der Waals surface area contributed by atoms with Crippen molar-refractivity contribution in [1.82, 2.24) is 9.97 Å². The first-order valence-corrected chi connectivity index (χ1v) is 8.77. The fraction of sp³-hybridized carbons (Fsp3) is 0.235. The van der Waals surface area contributed by atoms with Crippen LogP contribution in [0.1, 0.15) is 11.4 Å². The molecule has 0 fully saturated rings. The molecule has 1 heterocycles. The fourth-order valence-electron chi connectivity index (χ4n) is 2.44. The SMILES string of the molecule is FC(F)(F)c1ccc(Oc2cc3nc(C(F)(F)C(F)(F)C(F)(F)F)[nH]c3cc2Cl)c(Cl)c1. The van der Waals surface area contributed by atoms with Crippen LogP contribution < -0.4 is 4.74 Å². The van der Waals surface area contributed by atoms with Crippen molar-refractivity contribution in [1.29, 1.82) is 0 Å². The molecule has 0 bridgehead atoms. The summed E-state index contributed by atoms with van der Waals surface area (Å²) in [5.74, 6) is -14.9. The van der Waals surface area contributed by atoms with Crippen LogP contribution in [0.2, 0.25) is 10.0 Å². The number of fused-ring (bicyclic) bond motifs is 1. The Labute approximate surface area is 180 Å². The molecule has 1 N–H and O–H groups in total. The molecular formula is C17H6Cl2F10N2O. The first-order chi connectivity index (χ1) is 14.4. The Morgan fingerprint density at radius 2 is 1.38 bits per heavy atom. The number of hydrogen-bond donors (Lipinski definition) is 1. The van der Waals surface area contributed by atoms with E-state index in [1.165, 1.54) is 0 Å². The maximum Gasteiger partial charge on any atom is 0.460 e. The van der Waals surface area contributed by atoms with Gasteiger partial charge in [-0.15, -0.1) is 0 Å². The first kappa shape index (κ1) is 24.2. The summed E-state index contributed by atoms with van der Waals surface area (Å²) in [6.45, 7) is 0. The van der Waals surface area contributed by atoms with Crippen molar-refractivity contribution in [3.05, 3.63) is 51.8 Å². The lowest BCUT2D eigenvalue weighted by Crippen LogP contribution is -2.50. The van der Waals surface area contributed by atoms with Gasteiger partial charge in [0.15, 0.2) is 5.82 Å². The van der Waals surface area contributed by atoms with E-state index in [-0.39, 0.29) is 10.8 Å². The lowest BCUT2D eigenvalue weighted by molar-refractivity contribution is -0.361. The Kier molecular flexibility index (Phi) is 5.74. The number of rotatable bonds is 4. The quantitative estimate of drug-likeness (QED) is 0.358. The third-order valence-corrected chi connectivity index (χ3v) is 4.65. The number of nitrogens with one attached hydrogen (secondary N) is 1. The van der Waals surface area contributed by atoms with E-state index in [0.29, 0.717) is 12.1 Å². The molecule has 3 nitrogen and oxygen atoms in total. The highest BCUT2D eigenvalue weighted by atomic mass is 35.5. The van der Waals surface area contributed by atoms with Gasteiger partial charge >= 0.3 is 24.2 Å². The topological polar surface area (TPSA) is 37.9 Å². The molecule has 0 aliphatic heterocycles. The number of hydrogen-bond acceptors (Lipinski definition) is 2. The zero-order valence-corrected chi connectivity index (χ0v) is 16.3. The molecule has 2 aromatic carbocycles. The molecule has 0 saturated heterocycles. The number of halogens is 12. The van der Waals surface area contributed by atoms with E-state index in [1.807, 2.05) is 0 Å². The van der Waals surface area contributed by atoms with Crippen LogP contribution in [0.5, 0.6) is 11.5 Å². The van der Waals surface area contributed by atoms with E-state index in [9.17, 15) is 43.9 Å². The number of aromatic nitrogens is 2. The normalized spacial score (nSPS) is 13.6. The average Bonchev–Trinajstić information content (AvgIpc) is 3.05. The van der Waals surface area contributed by atoms with Crippen molar-refractivity contribution >= 4 is 34.2 Å². The monoisotopic (exact) mass is 514 g/mol. The van der Waals surface area contributed by atoms with Crippen molar-refractivity contribution < 1.29 is 48.6 Å². The van der Waals surface area contributed by atoms with Crippen LogP contribution in [0, 0.1) is 0 Å². The number of aromatic amines is 1. The second kappa shape index (κ2) is 7.58. The highest BCUT2D eigenvalue weighted by Gasteiger charge is 2.74.